The van der Waals surface area contributed by atoms with Crippen LogP contribution in [0.3, 0.4) is 0 Å². The molecule has 1 aromatic heterocycles. The Balaban J connectivity index is 2.52. The summed E-state index contributed by atoms with van der Waals surface area (Å²) in [5.74, 6) is 0. The van der Waals surface area contributed by atoms with E-state index in [4.69, 9.17) is 0 Å². The van der Waals surface area contributed by atoms with Gasteiger partial charge in [0.05, 0.1) is 6.04 Å². The normalized spacial score (nSPS) is 12.8. The van der Waals surface area contributed by atoms with E-state index >= 15 is 0 Å². The minimum absolute atomic E-state index is 0.335. The molecule has 2 nitrogen and oxygen atoms in total. The van der Waals surface area contributed by atoms with E-state index in [0.29, 0.717) is 6.04 Å². The summed E-state index contributed by atoms with van der Waals surface area (Å²) in [6.45, 7) is 8.67. The highest BCUT2D eigenvalue weighted by molar-refractivity contribution is 7.11. The smallest absolute Gasteiger partial charge is 0.109 e. The zero-order chi connectivity index (χ0) is 8.97. The van der Waals surface area contributed by atoms with Crippen molar-refractivity contribution in [3.8, 4) is 0 Å². The Morgan fingerprint density at radius 2 is 2.58 bits per heavy atom. The van der Waals surface area contributed by atoms with Gasteiger partial charge in [-0.3, -0.25) is 0 Å². The Bertz CT molecular complexity index is 255. The number of nitrogens with zero attached hydrogens (tertiary/aromatic N) is 1. The van der Waals surface area contributed by atoms with Gasteiger partial charge in [0.2, 0.25) is 0 Å². The highest BCUT2D eigenvalue weighted by atomic mass is 32.1. The predicted octanol–water partition coefficient (Wildman–Crippen LogP) is 2.29. The van der Waals surface area contributed by atoms with Gasteiger partial charge < -0.3 is 5.32 Å². The zero-order valence-electron chi connectivity index (χ0n) is 7.50. The van der Waals surface area contributed by atoms with E-state index in [2.05, 4.69) is 30.7 Å². The quantitative estimate of drug-likeness (QED) is 0.723. The number of aryl methyl sites for hydroxylation is 1. The van der Waals surface area contributed by atoms with Crippen LogP contribution in [0.25, 0.3) is 0 Å². The largest absolute Gasteiger partial charge is 0.305 e. The van der Waals surface area contributed by atoms with Crippen molar-refractivity contribution in [3.63, 3.8) is 0 Å². The van der Waals surface area contributed by atoms with Crippen LogP contribution >= 0.6 is 11.3 Å². The molecule has 1 N–H and O–H groups in total. The first-order chi connectivity index (χ1) is 5.74. The predicted molar refractivity (Wildman–Crippen MR) is 53.5 cm³/mol. The van der Waals surface area contributed by atoms with Gasteiger partial charge in [0.1, 0.15) is 5.01 Å². The van der Waals surface area contributed by atoms with Crippen LogP contribution in [0.5, 0.6) is 0 Å². The summed E-state index contributed by atoms with van der Waals surface area (Å²) in [5.41, 5.74) is 0. The molecule has 1 aromatic rings. The average Bonchev–Trinajstić information content (AvgIpc) is 2.47. The highest BCUT2D eigenvalue weighted by Crippen LogP contribution is 2.18. The van der Waals surface area contributed by atoms with Crippen LogP contribution in [0.2, 0.25) is 0 Å². The number of hydrogen-bond donors (Lipinski definition) is 1. The lowest BCUT2D eigenvalue weighted by Crippen LogP contribution is -2.17. The molecule has 1 unspecified atom stereocenters. The van der Waals surface area contributed by atoms with Crippen LogP contribution in [-0.2, 0) is 0 Å². The van der Waals surface area contributed by atoms with Crippen LogP contribution in [-0.4, -0.2) is 11.5 Å². The van der Waals surface area contributed by atoms with Crippen molar-refractivity contribution in [3.05, 3.63) is 28.7 Å². The average molecular weight is 182 g/mol. The van der Waals surface area contributed by atoms with Crippen LogP contribution in [0.4, 0.5) is 0 Å². The first-order valence-corrected chi connectivity index (χ1v) is 4.82. The maximum Gasteiger partial charge on any atom is 0.109 e. The van der Waals surface area contributed by atoms with Crippen LogP contribution in [0.15, 0.2) is 18.9 Å². The van der Waals surface area contributed by atoms with Gasteiger partial charge in [-0.2, -0.15) is 0 Å². The van der Waals surface area contributed by atoms with Crippen molar-refractivity contribution in [2.75, 3.05) is 6.54 Å². The van der Waals surface area contributed by atoms with Gasteiger partial charge in [0.15, 0.2) is 0 Å². The van der Waals surface area contributed by atoms with E-state index in [-0.39, 0.29) is 0 Å². The lowest BCUT2D eigenvalue weighted by atomic mass is 10.3. The third-order valence-corrected chi connectivity index (χ3v) is 2.67. The van der Waals surface area contributed by atoms with Gasteiger partial charge in [0, 0.05) is 17.6 Å². The fourth-order valence-corrected chi connectivity index (χ4v) is 1.72. The van der Waals surface area contributed by atoms with E-state index in [1.165, 1.54) is 4.88 Å². The molecule has 0 saturated heterocycles. The molecular weight excluding hydrogens is 168 g/mol. The van der Waals surface area contributed by atoms with Crippen LogP contribution in [0.1, 0.15) is 22.9 Å². The second-order valence-electron chi connectivity index (χ2n) is 2.73. The monoisotopic (exact) mass is 182 g/mol. The molecule has 0 aliphatic heterocycles. The molecule has 0 bridgehead atoms. The van der Waals surface area contributed by atoms with E-state index in [1.807, 2.05) is 12.3 Å². The highest BCUT2D eigenvalue weighted by Gasteiger charge is 2.06. The van der Waals surface area contributed by atoms with Gasteiger partial charge >= 0.3 is 0 Å². The van der Waals surface area contributed by atoms with Gasteiger partial charge in [-0.05, 0) is 13.8 Å². The van der Waals surface area contributed by atoms with Crippen molar-refractivity contribution >= 4 is 11.3 Å². The molecule has 1 heterocycles. The number of thiazole rings is 1. The lowest BCUT2D eigenvalue weighted by molar-refractivity contribution is 0.614. The molecule has 0 spiro atoms. The third-order valence-electron chi connectivity index (χ3n) is 1.58. The molecular formula is C9H14N2S. The van der Waals surface area contributed by atoms with Crippen molar-refractivity contribution in [1.29, 1.82) is 0 Å². The maximum absolute atomic E-state index is 4.29. The van der Waals surface area contributed by atoms with Gasteiger partial charge in [-0.15, -0.1) is 17.9 Å². The van der Waals surface area contributed by atoms with Crippen LogP contribution in [0, 0.1) is 6.92 Å². The molecule has 0 aliphatic carbocycles. The van der Waals surface area contributed by atoms with Crippen molar-refractivity contribution in [1.82, 2.24) is 10.3 Å². The Morgan fingerprint density at radius 1 is 1.83 bits per heavy atom. The Morgan fingerprint density at radius 3 is 3.08 bits per heavy atom. The van der Waals surface area contributed by atoms with E-state index < -0.39 is 0 Å². The first-order valence-electron chi connectivity index (χ1n) is 4.00. The number of aromatic nitrogens is 1. The number of hydrogen-bond acceptors (Lipinski definition) is 3. The Kier molecular flexibility index (Phi) is 3.44. The second-order valence-corrected chi connectivity index (χ2v) is 3.99. The summed E-state index contributed by atoms with van der Waals surface area (Å²) >= 11 is 1.74. The molecule has 1 atom stereocenters. The third kappa shape index (κ3) is 2.43. The SMILES string of the molecule is C=CCNC(C)c1ncc(C)s1. The standard InChI is InChI=1S/C9H14N2S/c1-4-5-10-8(3)9-11-6-7(2)12-9/h4,6,8,10H,1,5H2,2-3H3. The minimum atomic E-state index is 0.335. The van der Waals surface area contributed by atoms with E-state index in [9.17, 15) is 0 Å². The number of nitrogens with one attached hydrogen (secondary N) is 1. The summed E-state index contributed by atoms with van der Waals surface area (Å²) in [6.07, 6.45) is 3.77. The fourth-order valence-electron chi connectivity index (χ4n) is 0.920. The summed E-state index contributed by atoms with van der Waals surface area (Å²) in [5, 5.41) is 4.44. The zero-order valence-corrected chi connectivity index (χ0v) is 8.32. The van der Waals surface area contributed by atoms with E-state index in [1.54, 1.807) is 11.3 Å². The molecule has 66 valence electrons. The molecule has 0 radical (unpaired) electrons. The van der Waals surface area contributed by atoms with E-state index in [0.717, 1.165) is 11.6 Å². The molecule has 3 heteroatoms. The maximum atomic E-state index is 4.29. The van der Waals surface area contributed by atoms with Crippen molar-refractivity contribution in [2.45, 2.75) is 19.9 Å². The molecule has 0 fully saturated rings. The Hall–Kier alpha value is -0.670. The Labute approximate surface area is 77.3 Å². The fraction of sp³-hybridized carbons (Fsp3) is 0.444. The van der Waals surface area contributed by atoms with Gasteiger partial charge in [0.25, 0.3) is 0 Å². The summed E-state index contributed by atoms with van der Waals surface area (Å²) in [4.78, 5) is 5.55. The molecule has 0 aliphatic rings. The molecule has 12 heavy (non-hydrogen) atoms. The first kappa shape index (κ1) is 9.42. The summed E-state index contributed by atoms with van der Waals surface area (Å²) < 4.78 is 0. The number of rotatable bonds is 4. The van der Waals surface area contributed by atoms with Crippen molar-refractivity contribution < 1.29 is 0 Å². The summed E-state index contributed by atoms with van der Waals surface area (Å²) in [7, 11) is 0. The molecule has 0 aromatic carbocycles. The molecule has 0 saturated carbocycles. The molecule has 0 amide bonds. The minimum Gasteiger partial charge on any atom is -0.305 e. The van der Waals surface area contributed by atoms with Crippen molar-refractivity contribution in [2.24, 2.45) is 0 Å². The topological polar surface area (TPSA) is 24.9 Å². The van der Waals surface area contributed by atoms with Gasteiger partial charge in [-0.25, -0.2) is 4.98 Å². The van der Waals surface area contributed by atoms with Gasteiger partial charge in [-0.1, -0.05) is 6.08 Å². The second kappa shape index (κ2) is 4.38. The summed E-state index contributed by atoms with van der Waals surface area (Å²) in [6, 6.07) is 0.335. The lowest BCUT2D eigenvalue weighted by Gasteiger charge is -2.07. The van der Waals surface area contributed by atoms with Crippen LogP contribution < -0.4 is 5.32 Å². The molecule has 1 rings (SSSR count).